The van der Waals surface area contributed by atoms with Crippen molar-refractivity contribution in [2.24, 2.45) is 0 Å². The summed E-state index contributed by atoms with van der Waals surface area (Å²) >= 11 is 0. The lowest BCUT2D eigenvalue weighted by Crippen LogP contribution is -2.27. The zero-order valence-corrected chi connectivity index (χ0v) is 13.2. The molecular formula is C15H29N3O. The van der Waals surface area contributed by atoms with Crippen LogP contribution in [0.25, 0.3) is 0 Å². The van der Waals surface area contributed by atoms with Gasteiger partial charge in [-0.2, -0.15) is 5.10 Å². The predicted molar refractivity (Wildman–Crippen MR) is 79.3 cm³/mol. The van der Waals surface area contributed by atoms with Crippen LogP contribution < -0.4 is 5.32 Å². The Kier molecular flexibility index (Phi) is 5.56. The smallest absolute Gasteiger partial charge is 0.0641 e. The van der Waals surface area contributed by atoms with Crippen LogP contribution in [0.15, 0.2) is 0 Å². The third kappa shape index (κ3) is 4.32. The van der Waals surface area contributed by atoms with Gasteiger partial charge in [-0.25, -0.2) is 0 Å². The molecule has 0 spiro atoms. The van der Waals surface area contributed by atoms with Crippen molar-refractivity contribution < 1.29 is 5.11 Å². The molecule has 1 rings (SSSR count). The molecule has 0 aliphatic rings. The molecule has 0 fully saturated rings. The average molecular weight is 267 g/mol. The normalized spacial score (nSPS) is 13.8. The lowest BCUT2D eigenvalue weighted by Gasteiger charge is -2.21. The maximum Gasteiger partial charge on any atom is 0.0641 e. The summed E-state index contributed by atoms with van der Waals surface area (Å²) < 4.78 is 2.11. The highest BCUT2D eigenvalue weighted by atomic mass is 16.2. The molecule has 0 bridgehead atoms. The molecule has 0 amide bonds. The molecular weight excluding hydrogens is 238 g/mol. The largest absolute Gasteiger partial charge is 0.396 e. The monoisotopic (exact) mass is 267 g/mol. The van der Waals surface area contributed by atoms with Gasteiger partial charge in [0.25, 0.3) is 0 Å². The van der Waals surface area contributed by atoms with Gasteiger partial charge in [0.2, 0.25) is 0 Å². The van der Waals surface area contributed by atoms with Gasteiger partial charge < -0.3 is 10.4 Å². The van der Waals surface area contributed by atoms with Gasteiger partial charge in [0.1, 0.15) is 0 Å². The molecule has 1 aromatic rings. The van der Waals surface area contributed by atoms with Gasteiger partial charge in [-0.05, 0) is 54.4 Å². The Bertz CT molecular complexity index is 404. The van der Waals surface area contributed by atoms with Gasteiger partial charge in [-0.3, -0.25) is 4.68 Å². The van der Waals surface area contributed by atoms with E-state index in [1.54, 1.807) is 0 Å². The van der Waals surface area contributed by atoms with Crippen LogP contribution in [0, 0.1) is 13.8 Å². The second-order valence-electron chi connectivity index (χ2n) is 6.38. The summed E-state index contributed by atoms with van der Waals surface area (Å²) in [6.45, 7) is 14.0. The number of rotatable bonds is 6. The zero-order chi connectivity index (χ0) is 14.6. The molecule has 1 aromatic heterocycles. The third-order valence-corrected chi connectivity index (χ3v) is 3.50. The molecule has 0 aromatic carbocycles. The van der Waals surface area contributed by atoms with Gasteiger partial charge in [0.05, 0.1) is 11.2 Å². The Balaban J connectivity index is 2.72. The first-order valence-corrected chi connectivity index (χ1v) is 7.17. The Labute approximate surface area is 117 Å². The summed E-state index contributed by atoms with van der Waals surface area (Å²) in [7, 11) is 0. The van der Waals surface area contributed by atoms with E-state index in [-0.39, 0.29) is 12.1 Å². The standard InChI is InChI=1S/C15H29N3O/c1-11(8-7-9-19)16-10-14-12(2)17-18(13(14)3)15(4,5)6/h11,16,19H,7-10H2,1-6H3. The van der Waals surface area contributed by atoms with Crippen molar-refractivity contribution in [2.75, 3.05) is 6.61 Å². The Hall–Kier alpha value is -0.870. The van der Waals surface area contributed by atoms with Crippen LogP contribution in [0.2, 0.25) is 0 Å². The lowest BCUT2D eigenvalue weighted by molar-refractivity contribution is 0.276. The first-order chi connectivity index (χ1) is 8.77. The molecule has 0 saturated carbocycles. The van der Waals surface area contributed by atoms with E-state index in [9.17, 15) is 0 Å². The molecule has 1 atom stereocenters. The fourth-order valence-corrected chi connectivity index (χ4v) is 2.36. The van der Waals surface area contributed by atoms with Gasteiger partial charge >= 0.3 is 0 Å². The molecule has 4 nitrogen and oxygen atoms in total. The first-order valence-electron chi connectivity index (χ1n) is 7.17. The summed E-state index contributed by atoms with van der Waals surface area (Å²) in [5, 5.41) is 17.0. The number of hydrogen-bond acceptors (Lipinski definition) is 3. The van der Waals surface area contributed by atoms with E-state index in [0.717, 1.165) is 25.1 Å². The second kappa shape index (κ2) is 6.53. The fraction of sp³-hybridized carbons (Fsp3) is 0.800. The van der Waals surface area contributed by atoms with E-state index in [4.69, 9.17) is 5.11 Å². The number of hydrogen-bond donors (Lipinski definition) is 2. The number of aromatic nitrogens is 2. The van der Waals surface area contributed by atoms with Crippen molar-refractivity contribution in [3.05, 3.63) is 17.0 Å². The minimum Gasteiger partial charge on any atom is -0.396 e. The first kappa shape index (κ1) is 16.2. The summed E-state index contributed by atoms with van der Waals surface area (Å²) in [5.41, 5.74) is 3.67. The van der Waals surface area contributed by atoms with Crippen molar-refractivity contribution in [3.63, 3.8) is 0 Å². The molecule has 0 saturated heterocycles. The van der Waals surface area contributed by atoms with Crippen molar-refractivity contribution in [3.8, 4) is 0 Å². The molecule has 1 heterocycles. The molecule has 0 radical (unpaired) electrons. The van der Waals surface area contributed by atoms with Crippen LogP contribution >= 0.6 is 0 Å². The summed E-state index contributed by atoms with van der Waals surface area (Å²) in [4.78, 5) is 0. The van der Waals surface area contributed by atoms with Gasteiger partial charge in [0, 0.05) is 30.5 Å². The topological polar surface area (TPSA) is 50.1 Å². The Morgan fingerprint density at radius 2 is 1.95 bits per heavy atom. The van der Waals surface area contributed by atoms with Crippen molar-refractivity contribution >= 4 is 0 Å². The molecule has 0 aliphatic heterocycles. The average Bonchev–Trinajstić information content (AvgIpc) is 2.59. The van der Waals surface area contributed by atoms with E-state index >= 15 is 0 Å². The summed E-state index contributed by atoms with van der Waals surface area (Å²) in [6.07, 6.45) is 1.86. The zero-order valence-electron chi connectivity index (χ0n) is 13.2. The van der Waals surface area contributed by atoms with E-state index in [0.29, 0.717) is 6.04 Å². The van der Waals surface area contributed by atoms with E-state index in [1.807, 2.05) is 0 Å². The number of nitrogens with one attached hydrogen (secondary N) is 1. The van der Waals surface area contributed by atoms with Crippen LogP contribution in [0.3, 0.4) is 0 Å². The van der Waals surface area contributed by atoms with Crippen LogP contribution in [-0.4, -0.2) is 27.5 Å². The summed E-state index contributed by atoms with van der Waals surface area (Å²) in [5.74, 6) is 0. The maximum absolute atomic E-state index is 8.84. The highest BCUT2D eigenvalue weighted by Crippen LogP contribution is 2.21. The maximum atomic E-state index is 8.84. The number of aryl methyl sites for hydroxylation is 1. The minimum absolute atomic E-state index is 0.0234. The number of aliphatic hydroxyl groups excluding tert-OH is 1. The number of aliphatic hydroxyl groups is 1. The van der Waals surface area contributed by atoms with Crippen LogP contribution in [-0.2, 0) is 12.1 Å². The second-order valence-corrected chi connectivity index (χ2v) is 6.38. The lowest BCUT2D eigenvalue weighted by atomic mass is 10.1. The Morgan fingerprint density at radius 3 is 2.42 bits per heavy atom. The number of nitrogens with zero attached hydrogens (tertiary/aromatic N) is 2. The minimum atomic E-state index is 0.0234. The molecule has 0 aliphatic carbocycles. The summed E-state index contributed by atoms with van der Waals surface area (Å²) in [6, 6.07) is 0.420. The van der Waals surface area contributed by atoms with Crippen LogP contribution in [0.5, 0.6) is 0 Å². The quantitative estimate of drug-likeness (QED) is 0.832. The highest BCUT2D eigenvalue weighted by molar-refractivity contribution is 5.25. The van der Waals surface area contributed by atoms with Gasteiger partial charge in [0.15, 0.2) is 0 Å². The SMILES string of the molecule is Cc1nn(C(C)(C)C)c(C)c1CNC(C)CCCO. The van der Waals surface area contributed by atoms with Crippen molar-refractivity contribution in [2.45, 2.75) is 72.5 Å². The molecule has 110 valence electrons. The molecule has 19 heavy (non-hydrogen) atoms. The molecule has 2 N–H and O–H groups in total. The van der Waals surface area contributed by atoms with Gasteiger partial charge in [-0.1, -0.05) is 0 Å². The molecule has 4 heteroatoms. The predicted octanol–water partition coefficient (Wildman–Crippen LogP) is 2.51. The van der Waals surface area contributed by atoms with Crippen molar-refractivity contribution in [1.29, 1.82) is 0 Å². The molecule has 1 unspecified atom stereocenters. The van der Waals surface area contributed by atoms with Crippen LogP contribution in [0.4, 0.5) is 0 Å². The Morgan fingerprint density at radius 1 is 1.32 bits per heavy atom. The fourth-order valence-electron chi connectivity index (χ4n) is 2.36. The van der Waals surface area contributed by atoms with E-state index in [1.165, 1.54) is 11.3 Å². The van der Waals surface area contributed by atoms with Gasteiger partial charge in [-0.15, -0.1) is 0 Å². The highest BCUT2D eigenvalue weighted by Gasteiger charge is 2.20. The van der Waals surface area contributed by atoms with Crippen molar-refractivity contribution in [1.82, 2.24) is 15.1 Å². The van der Waals surface area contributed by atoms with E-state index < -0.39 is 0 Å². The van der Waals surface area contributed by atoms with Crippen LogP contribution in [0.1, 0.15) is 57.5 Å². The van der Waals surface area contributed by atoms with E-state index in [2.05, 4.69) is 56.6 Å². The third-order valence-electron chi connectivity index (χ3n) is 3.50.